The van der Waals surface area contributed by atoms with Gasteiger partial charge in [0, 0.05) is 32.2 Å². The van der Waals surface area contributed by atoms with Crippen LogP contribution in [0.25, 0.3) is 0 Å². The average Bonchev–Trinajstić information content (AvgIpc) is 3.14. The molecule has 1 aromatic carbocycles. The first-order chi connectivity index (χ1) is 11.8. The van der Waals surface area contributed by atoms with E-state index in [4.69, 9.17) is 0 Å². The van der Waals surface area contributed by atoms with Crippen LogP contribution in [0.1, 0.15) is 17.5 Å². The molecular formula is C17H21N5OS. The molecule has 1 fully saturated rings. The van der Waals surface area contributed by atoms with Gasteiger partial charge in [-0.1, -0.05) is 35.6 Å². The lowest BCUT2D eigenvalue weighted by Gasteiger charge is -2.41. The van der Waals surface area contributed by atoms with Crippen molar-refractivity contribution < 1.29 is 4.79 Å². The Kier molecular flexibility index (Phi) is 4.44. The zero-order valence-corrected chi connectivity index (χ0v) is 14.3. The fourth-order valence-corrected chi connectivity index (χ4v) is 4.11. The fraction of sp³-hybridized carbons (Fsp3) is 0.471. The number of amides is 2. The molecule has 2 aromatic rings. The van der Waals surface area contributed by atoms with Gasteiger partial charge in [0.2, 0.25) is 5.13 Å². The van der Waals surface area contributed by atoms with Crippen LogP contribution >= 0.6 is 11.3 Å². The van der Waals surface area contributed by atoms with E-state index in [1.165, 1.54) is 35.3 Å². The summed E-state index contributed by atoms with van der Waals surface area (Å²) in [5, 5.41) is 11.0. The second-order valence-electron chi connectivity index (χ2n) is 6.36. The summed E-state index contributed by atoms with van der Waals surface area (Å²) >= 11 is 1.34. The fourth-order valence-electron chi connectivity index (χ4n) is 3.68. The standard InChI is InChI=1S/C17H21N5OS/c23-17(19-16-20-18-12-24-16)22-9-7-21(8-10-22)15-6-5-13-3-1-2-4-14(13)11-15/h1-4,12,15H,5-11H2,(H,19,20,23). The van der Waals surface area contributed by atoms with Crippen molar-refractivity contribution in [2.75, 3.05) is 31.5 Å². The number of rotatable bonds is 2. The molecule has 7 heteroatoms. The second kappa shape index (κ2) is 6.86. The van der Waals surface area contributed by atoms with Crippen molar-refractivity contribution in [1.82, 2.24) is 20.0 Å². The Morgan fingerprint density at radius 3 is 2.71 bits per heavy atom. The van der Waals surface area contributed by atoms with E-state index in [2.05, 4.69) is 44.7 Å². The van der Waals surface area contributed by atoms with Gasteiger partial charge in [0.05, 0.1) is 0 Å². The summed E-state index contributed by atoms with van der Waals surface area (Å²) in [6.07, 6.45) is 3.51. The Labute approximate surface area is 145 Å². The van der Waals surface area contributed by atoms with E-state index in [0.29, 0.717) is 11.2 Å². The minimum Gasteiger partial charge on any atom is -0.322 e. The van der Waals surface area contributed by atoms with Gasteiger partial charge >= 0.3 is 6.03 Å². The molecule has 1 atom stereocenters. The van der Waals surface area contributed by atoms with E-state index in [1.807, 2.05) is 4.90 Å². The number of hydrogen-bond donors (Lipinski definition) is 1. The number of aryl methyl sites for hydroxylation is 1. The molecule has 0 saturated carbocycles. The van der Waals surface area contributed by atoms with Crippen molar-refractivity contribution in [3.05, 3.63) is 40.9 Å². The minimum atomic E-state index is -0.0691. The third-order valence-corrected chi connectivity index (χ3v) is 5.62. The Morgan fingerprint density at radius 1 is 1.17 bits per heavy atom. The molecule has 2 amide bonds. The Bertz CT molecular complexity index is 697. The van der Waals surface area contributed by atoms with E-state index in [9.17, 15) is 4.79 Å². The molecule has 6 nitrogen and oxygen atoms in total. The molecule has 2 heterocycles. The highest BCUT2D eigenvalue weighted by Crippen LogP contribution is 2.25. The van der Waals surface area contributed by atoms with Crippen molar-refractivity contribution in [2.24, 2.45) is 0 Å². The van der Waals surface area contributed by atoms with E-state index in [-0.39, 0.29) is 6.03 Å². The monoisotopic (exact) mass is 343 g/mol. The largest absolute Gasteiger partial charge is 0.323 e. The van der Waals surface area contributed by atoms with Crippen LogP contribution in [-0.2, 0) is 12.8 Å². The summed E-state index contributed by atoms with van der Waals surface area (Å²) in [5.41, 5.74) is 4.61. The molecule has 1 aromatic heterocycles. The zero-order chi connectivity index (χ0) is 16.4. The van der Waals surface area contributed by atoms with Crippen LogP contribution in [0.3, 0.4) is 0 Å². The maximum atomic E-state index is 12.2. The molecule has 2 aliphatic rings. The number of nitrogens with zero attached hydrogens (tertiary/aromatic N) is 4. The maximum absolute atomic E-state index is 12.2. The van der Waals surface area contributed by atoms with E-state index >= 15 is 0 Å². The number of carbonyl (C=O) groups excluding carboxylic acids is 1. The Balaban J connectivity index is 1.31. The highest BCUT2D eigenvalue weighted by molar-refractivity contribution is 7.13. The van der Waals surface area contributed by atoms with Crippen LogP contribution in [0, 0.1) is 0 Å². The Hall–Kier alpha value is -1.99. The molecule has 1 N–H and O–H groups in total. The first-order valence-electron chi connectivity index (χ1n) is 8.42. The van der Waals surface area contributed by atoms with Crippen molar-refractivity contribution in [3.63, 3.8) is 0 Å². The molecule has 1 aliphatic heterocycles. The van der Waals surface area contributed by atoms with E-state index in [1.54, 1.807) is 5.51 Å². The minimum absolute atomic E-state index is 0.0691. The van der Waals surface area contributed by atoms with Crippen LogP contribution in [0.4, 0.5) is 9.93 Å². The topological polar surface area (TPSA) is 61.4 Å². The molecule has 4 rings (SSSR count). The van der Waals surface area contributed by atoms with Gasteiger partial charge in [0.1, 0.15) is 5.51 Å². The van der Waals surface area contributed by atoms with Crippen molar-refractivity contribution in [2.45, 2.75) is 25.3 Å². The van der Waals surface area contributed by atoms with E-state index < -0.39 is 0 Å². The van der Waals surface area contributed by atoms with Gasteiger partial charge in [-0.3, -0.25) is 10.2 Å². The van der Waals surface area contributed by atoms with Gasteiger partial charge in [0.25, 0.3) is 0 Å². The van der Waals surface area contributed by atoms with Crippen LogP contribution in [0.5, 0.6) is 0 Å². The lowest BCUT2D eigenvalue weighted by atomic mass is 9.87. The van der Waals surface area contributed by atoms with Crippen molar-refractivity contribution in [1.29, 1.82) is 0 Å². The summed E-state index contributed by atoms with van der Waals surface area (Å²) in [4.78, 5) is 16.7. The summed E-state index contributed by atoms with van der Waals surface area (Å²) in [5.74, 6) is 0. The predicted molar refractivity (Wildman–Crippen MR) is 94.3 cm³/mol. The van der Waals surface area contributed by atoms with Gasteiger partial charge in [-0.05, 0) is 30.4 Å². The number of benzene rings is 1. The number of anilines is 1. The van der Waals surface area contributed by atoms with E-state index in [0.717, 1.165) is 32.6 Å². The Morgan fingerprint density at radius 2 is 1.96 bits per heavy atom. The highest BCUT2D eigenvalue weighted by atomic mass is 32.1. The first-order valence-corrected chi connectivity index (χ1v) is 9.30. The molecule has 1 saturated heterocycles. The number of piperazine rings is 1. The number of fused-ring (bicyclic) bond motifs is 1. The summed E-state index contributed by atoms with van der Waals surface area (Å²) in [7, 11) is 0. The molecule has 1 aliphatic carbocycles. The van der Waals surface area contributed by atoms with Gasteiger partial charge in [-0.25, -0.2) is 4.79 Å². The number of nitrogens with one attached hydrogen (secondary N) is 1. The highest BCUT2D eigenvalue weighted by Gasteiger charge is 2.28. The zero-order valence-electron chi connectivity index (χ0n) is 13.5. The number of carbonyl (C=O) groups is 1. The quantitative estimate of drug-likeness (QED) is 0.908. The third-order valence-electron chi connectivity index (χ3n) is 5.01. The van der Waals surface area contributed by atoms with Crippen LogP contribution < -0.4 is 5.32 Å². The average molecular weight is 343 g/mol. The van der Waals surface area contributed by atoms with Gasteiger partial charge in [-0.15, -0.1) is 10.2 Å². The number of urea groups is 1. The van der Waals surface area contributed by atoms with Gasteiger partial charge in [-0.2, -0.15) is 0 Å². The van der Waals surface area contributed by atoms with Crippen LogP contribution in [-0.4, -0.2) is 58.2 Å². The van der Waals surface area contributed by atoms with Gasteiger partial charge < -0.3 is 4.90 Å². The smallest absolute Gasteiger partial charge is 0.322 e. The normalized spacial score (nSPS) is 21.3. The number of hydrogen-bond acceptors (Lipinski definition) is 5. The lowest BCUT2D eigenvalue weighted by molar-refractivity contribution is 0.106. The third kappa shape index (κ3) is 3.27. The summed E-state index contributed by atoms with van der Waals surface area (Å²) in [6, 6.07) is 9.31. The predicted octanol–water partition coefficient (Wildman–Crippen LogP) is 2.25. The molecule has 1 unspecified atom stereocenters. The molecule has 0 bridgehead atoms. The maximum Gasteiger partial charge on any atom is 0.323 e. The SMILES string of the molecule is O=C(Nc1nncs1)N1CCN(C2CCc3ccccc3C2)CC1. The molecule has 24 heavy (non-hydrogen) atoms. The number of aromatic nitrogens is 2. The molecular weight excluding hydrogens is 322 g/mol. The molecule has 0 spiro atoms. The first kappa shape index (κ1) is 15.5. The van der Waals surface area contributed by atoms with Crippen LogP contribution in [0.15, 0.2) is 29.8 Å². The second-order valence-corrected chi connectivity index (χ2v) is 7.20. The van der Waals surface area contributed by atoms with Gasteiger partial charge in [0.15, 0.2) is 0 Å². The molecule has 126 valence electrons. The summed E-state index contributed by atoms with van der Waals surface area (Å²) in [6.45, 7) is 3.41. The lowest BCUT2D eigenvalue weighted by Crippen LogP contribution is -2.53. The summed E-state index contributed by atoms with van der Waals surface area (Å²) < 4.78 is 0. The van der Waals surface area contributed by atoms with Crippen molar-refractivity contribution in [3.8, 4) is 0 Å². The van der Waals surface area contributed by atoms with Crippen LogP contribution in [0.2, 0.25) is 0 Å². The van der Waals surface area contributed by atoms with Crippen molar-refractivity contribution >= 4 is 22.5 Å². The molecule has 0 radical (unpaired) electrons.